The predicted octanol–water partition coefficient (Wildman–Crippen LogP) is 2.68. The van der Waals surface area contributed by atoms with Crippen molar-refractivity contribution in [2.24, 2.45) is 0 Å². The van der Waals surface area contributed by atoms with E-state index < -0.39 is 5.97 Å². The Morgan fingerprint density at radius 3 is 2.70 bits per heavy atom. The Bertz CT molecular complexity index is 645. The molecule has 0 saturated carbocycles. The van der Waals surface area contributed by atoms with Crippen LogP contribution in [0.5, 0.6) is 5.75 Å². The SMILES string of the molecule is O=C(COC(=O)COc1ccccc1Cl)NCCc1cccs1. The zero-order valence-corrected chi connectivity index (χ0v) is 13.9. The predicted molar refractivity (Wildman–Crippen MR) is 88.9 cm³/mol. The number of rotatable bonds is 8. The lowest BCUT2D eigenvalue weighted by atomic mass is 10.3. The molecular weight excluding hydrogens is 338 g/mol. The maximum absolute atomic E-state index is 11.6. The van der Waals surface area contributed by atoms with Gasteiger partial charge in [-0.2, -0.15) is 0 Å². The van der Waals surface area contributed by atoms with E-state index in [9.17, 15) is 9.59 Å². The molecule has 5 nitrogen and oxygen atoms in total. The van der Waals surface area contributed by atoms with Crippen molar-refractivity contribution in [3.63, 3.8) is 0 Å². The van der Waals surface area contributed by atoms with E-state index in [4.69, 9.17) is 21.1 Å². The molecule has 0 spiro atoms. The molecule has 2 rings (SSSR count). The smallest absolute Gasteiger partial charge is 0.344 e. The van der Waals surface area contributed by atoms with Crippen LogP contribution in [-0.2, 0) is 20.7 Å². The second kappa shape index (κ2) is 9.17. The first-order valence-electron chi connectivity index (χ1n) is 6.97. The molecule has 2 aromatic rings. The van der Waals surface area contributed by atoms with Gasteiger partial charge < -0.3 is 14.8 Å². The number of nitrogens with one attached hydrogen (secondary N) is 1. The molecule has 0 fully saturated rings. The molecule has 23 heavy (non-hydrogen) atoms. The zero-order valence-electron chi connectivity index (χ0n) is 12.3. The summed E-state index contributed by atoms with van der Waals surface area (Å²) in [4.78, 5) is 24.3. The molecule has 1 amide bonds. The topological polar surface area (TPSA) is 64.6 Å². The third kappa shape index (κ3) is 6.30. The molecule has 1 aromatic carbocycles. The van der Waals surface area contributed by atoms with E-state index in [1.165, 1.54) is 4.88 Å². The van der Waals surface area contributed by atoms with E-state index in [0.717, 1.165) is 6.42 Å². The van der Waals surface area contributed by atoms with Crippen LogP contribution in [0, 0.1) is 0 Å². The van der Waals surface area contributed by atoms with Gasteiger partial charge in [-0.1, -0.05) is 29.8 Å². The largest absolute Gasteiger partial charge is 0.480 e. The minimum absolute atomic E-state index is 0.299. The quantitative estimate of drug-likeness (QED) is 0.741. The first-order valence-corrected chi connectivity index (χ1v) is 8.23. The molecule has 0 aliphatic carbocycles. The van der Waals surface area contributed by atoms with Gasteiger partial charge in [-0.15, -0.1) is 11.3 Å². The van der Waals surface area contributed by atoms with Crippen molar-refractivity contribution in [1.82, 2.24) is 5.32 Å². The Morgan fingerprint density at radius 2 is 1.96 bits per heavy atom. The summed E-state index contributed by atoms with van der Waals surface area (Å²) < 4.78 is 10.1. The number of thiophene rings is 1. The van der Waals surface area contributed by atoms with Crippen molar-refractivity contribution in [3.8, 4) is 5.75 Å². The average Bonchev–Trinajstić information content (AvgIpc) is 3.05. The van der Waals surface area contributed by atoms with Gasteiger partial charge in [0.15, 0.2) is 13.2 Å². The first-order chi connectivity index (χ1) is 11.1. The van der Waals surface area contributed by atoms with E-state index in [2.05, 4.69) is 5.32 Å². The number of esters is 1. The lowest BCUT2D eigenvalue weighted by Gasteiger charge is -2.08. The van der Waals surface area contributed by atoms with E-state index in [0.29, 0.717) is 17.3 Å². The highest BCUT2D eigenvalue weighted by molar-refractivity contribution is 7.09. The van der Waals surface area contributed by atoms with Crippen molar-refractivity contribution < 1.29 is 19.1 Å². The monoisotopic (exact) mass is 353 g/mol. The highest BCUT2D eigenvalue weighted by atomic mass is 35.5. The van der Waals surface area contributed by atoms with Crippen LogP contribution < -0.4 is 10.1 Å². The summed E-state index contributed by atoms with van der Waals surface area (Å²) in [6, 6.07) is 10.8. The van der Waals surface area contributed by atoms with Crippen LogP contribution in [-0.4, -0.2) is 31.6 Å². The molecule has 0 aliphatic rings. The van der Waals surface area contributed by atoms with Gasteiger partial charge in [0.05, 0.1) is 5.02 Å². The van der Waals surface area contributed by atoms with Gasteiger partial charge in [0.2, 0.25) is 0 Å². The van der Waals surface area contributed by atoms with Crippen LogP contribution in [0.2, 0.25) is 5.02 Å². The van der Waals surface area contributed by atoms with Crippen LogP contribution in [0.15, 0.2) is 41.8 Å². The van der Waals surface area contributed by atoms with Crippen molar-refractivity contribution in [2.75, 3.05) is 19.8 Å². The average molecular weight is 354 g/mol. The van der Waals surface area contributed by atoms with Gasteiger partial charge in [0.1, 0.15) is 5.75 Å². The van der Waals surface area contributed by atoms with Crippen LogP contribution in [0.4, 0.5) is 0 Å². The van der Waals surface area contributed by atoms with E-state index >= 15 is 0 Å². The van der Waals surface area contributed by atoms with Crippen LogP contribution in [0.1, 0.15) is 4.88 Å². The molecule has 1 N–H and O–H groups in total. The number of carbonyl (C=O) groups is 2. The fraction of sp³-hybridized carbons (Fsp3) is 0.250. The Labute approximate surface area is 143 Å². The van der Waals surface area contributed by atoms with E-state index in [1.54, 1.807) is 35.6 Å². The Balaban J connectivity index is 1.60. The lowest BCUT2D eigenvalue weighted by molar-refractivity contribution is -0.150. The molecule has 0 bridgehead atoms. The highest BCUT2D eigenvalue weighted by Crippen LogP contribution is 2.22. The molecule has 0 aliphatic heterocycles. The summed E-state index contributed by atoms with van der Waals surface area (Å²) in [5.41, 5.74) is 0. The van der Waals surface area contributed by atoms with Gasteiger partial charge in [-0.05, 0) is 30.0 Å². The van der Waals surface area contributed by atoms with Crippen molar-refractivity contribution in [1.29, 1.82) is 0 Å². The number of carbonyl (C=O) groups excluding carboxylic acids is 2. The summed E-state index contributed by atoms with van der Waals surface area (Å²) in [6.07, 6.45) is 0.757. The number of benzene rings is 1. The van der Waals surface area contributed by atoms with E-state index in [-0.39, 0.29) is 19.1 Å². The summed E-state index contributed by atoms with van der Waals surface area (Å²) in [5, 5.41) is 5.08. The van der Waals surface area contributed by atoms with Gasteiger partial charge in [0.25, 0.3) is 5.91 Å². The molecule has 7 heteroatoms. The van der Waals surface area contributed by atoms with Crippen molar-refractivity contribution in [3.05, 3.63) is 51.7 Å². The normalized spacial score (nSPS) is 10.1. The molecule has 1 heterocycles. The standard InChI is InChI=1S/C16H16ClNO4S/c17-13-5-1-2-6-14(13)21-11-16(20)22-10-15(19)18-8-7-12-4-3-9-23-12/h1-6,9H,7-8,10-11H2,(H,18,19). The fourth-order valence-electron chi connectivity index (χ4n) is 1.72. The zero-order chi connectivity index (χ0) is 16.5. The van der Waals surface area contributed by atoms with Crippen molar-refractivity contribution >= 4 is 34.8 Å². The molecule has 1 aromatic heterocycles. The number of hydrogen-bond acceptors (Lipinski definition) is 5. The molecule has 0 saturated heterocycles. The van der Waals surface area contributed by atoms with Gasteiger partial charge >= 0.3 is 5.97 Å². The number of hydrogen-bond donors (Lipinski definition) is 1. The number of amides is 1. The minimum Gasteiger partial charge on any atom is -0.480 e. The van der Waals surface area contributed by atoms with Crippen LogP contribution in [0.25, 0.3) is 0 Å². The van der Waals surface area contributed by atoms with Crippen molar-refractivity contribution in [2.45, 2.75) is 6.42 Å². The van der Waals surface area contributed by atoms with E-state index in [1.807, 2.05) is 17.5 Å². The number of halogens is 1. The Morgan fingerprint density at radius 1 is 1.13 bits per heavy atom. The second-order valence-corrected chi connectivity index (χ2v) is 6.00. The maximum atomic E-state index is 11.6. The first kappa shape index (κ1) is 17.3. The molecule has 0 unspecified atom stereocenters. The minimum atomic E-state index is -0.627. The van der Waals surface area contributed by atoms with Gasteiger partial charge in [-0.3, -0.25) is 4.79 Å². The molecule has 122 valence electrons. The third-order valence-electron chi connectivity index (χ3n) is 2.82. The Hall–Kier alpha value is -2.05. The lowest BCUT2D eigenvalue weighted by Crippen LogP contribution is -2.31. The number of para-hydroxylation sites is 1. The molecular formula is C16H16ClNO4S. The Kier molecular flexibility index (Phi) is 6.90. The van der Waals surface area contributed by atoms with Crippen LogP contribution >= 0.6 is 22.9 Å². The summed E-state index contributed by atoms with van der Waals surface area (Å²) in [6.45, 7) is -0.117. The highest BCUT2D eigenvalue weighted by Gasteiger charge is 2.09. The molecule has 0 atom stereocenters. The van der Waals surface area contributed by atoms with Gasteiger partial charge in [-0.25, -0.2) is 4.79 Å². The van der Waals surface area contributed by atoms with Crippen LogP contribution in [0.3, 0.4) is 0 Å². The summed E-state index contributed by atoms with van der Waals surface area (Å²) >= 11 is 7.53. The summed E-state index contributed by atoms with van der Waals surface area (Å²) in [7, 11) is 0. The summed E-state index contributed by atoms with van der Waals surface area (Å²) in [5.74, 6) is -0.572. The maximum Gasteiger partial charge on any atom is 0.344 e. The third-order valence-corrected chi connectivity index (χ3v) is 4.07. The fourth-order valence-corrected chi connectivity index (χ4v) is 2.62. The second-order valence-electron chi connectivity index (χ2n) is 4.56. The molecule has 0 radical (unpaired) electrons. The van der Waals surface area contributed by atoms with Gasteiger partial charge in [0, 0.05) is 11.4 Å². The number of ether oxygens (including phenoxy) is 2.